The summed E-state index contributed by atoms with van der Waals surface area (Å²) >= 11 is 0. The first-order valence-electron chi connectivity index (χ1n) is 6.60. The van der Waals surface area contributed by atoms with E-state index in [-0.39, 0.29) is 5.92 Å². The van der Waals surface area contributed by atoms with E-state index in [2.05, 4.69) is 11.9 Å². The number of nitrogens with two attached hydrogens (primary N) is 1. The number of hydrogen-bond acceptors (Lipinski definition) is 3. The average molecular weight is 253 g/mol. The third kappa shape index (κ3) is 4.87. The summed E-state index contributed by atoms with van der Waals surface area (Å²) in [7, 11) is 0. The van der Waals surface area contributed by atoms with E-state index in [1.165, 1.54) is 0 Å². The molecule has 0 radical (unpaired) electrons. The largest absolute Gasteiger partial charge is 0.481 e. The third-order valence-electron chi connectivity index (χ3n) is 3.02. The molecule has 0 aliphatic rings. The summed E-state index contributed by atoms with van der Waals surface area (Å²) in [6.45, 7) is 3.63. The molecule has 5 heteroatoms. The average Bonchev–Trinajstić information content (AvgIpc) is 2.79. The Labute approximate surface area is 108 Å². The van der Waals surface area contributed by atoms with Crippen LogP contribution in [0.3, 0.4) is 0 Å². The molecule has 0 aliphatic heterocycles. The fourth-order valence-electron chi connectivity index (χ4n) is 1.90. The van der Waals surface area contributed by atoms with E-state index in [4.69, 9.17) is 10.8 Å². The number of nitrogens with zero attached hydrogens (tertiary/aromatic N) is 2. The van der Waals surface area contributed by atoms with Crippen LogP contribution in [0, 0.1) is 5.92 Å². The van der Waals surface area contributed by atoms with Crippen LogP contribution in [0.4, 0.5) is 0 Å². The first kappa shape index (κ1) is 14.7. The first-order chi connectivity index (χ1) is 8.67. The molecule has 0 fully saturated rings. The van der Waals surface area contributed by atoms with Crippen LogP contribution in [-0.2, 0) is 17.8 Å². The highest BCUT2D eigenvalue weighted by Crippen LogP contribution is 2.13. The van der Waals surface area contributed by atoms with E-state index in [9.17, 15) is 4.79 Å². The Morgan fingerprint density at radius 3 is 2.94 bits per heavy atom. The lowest BCUT2D eigenvalue weighted by Gasteiger charge is -2.09. The molecule has 0 aliphatic carbocycles. The van der Waals surface area contributed by atoms with Crippen molar-refractivity contribution in [1.82, 2.24) is 9.55 Å². The number of imidazole rings is 1. The number of aromatic nitrogens is 2. The van der Waals surface area contributed by atoms with Crippen LogP contribution in [0.1, 0.15) is 38.3 Å². The maximum atomic E-state index is 11.1. The van der Waals surface area contributed by atoms with Gasteiger partial charge < -0.3 is 15.4 Å². The third-order valence-corrected chi connectivity index (χ3v) is 3.02. The second-order valence-corrected chi connectivity index (χ2v) is 4.63. The minimum Gasteiger partial charge on any atom is -0.481 e. The predicted molar refractivity (Wildman–Crippen MR) is 70.3 cm³/mol. The molecule has 1 atom stereocenters. The Kier molecular flexibility index (Phi) is 6.43. The van der Waals surface area contributed by atoms with Crippen molar-refractivity contribution in [2.24, 2.45) is 11.7 Å². The molecule has 3 N–H and O–H groups in total. The SMILES string of the molecule is CCCCn1cnc(C[C@@H](CCCN)C(=O)O)c1. The maximum absolute atomic E-state index is 11.1. The number of carboxylic acids is 1. The van der Waals surface area contributed by atoms with Crippen molar-refractivity contribution in [3.05, 3.63) is 18.2 Å². The summed E-state index contributed by atoms with van der Waals surface area (Å²) in [6.07, 6.45) is 7.85. The Morgan fingerprint density at radius 1 is 1.56 bits per heavy atom. The molecule has 0 unspecified atom stereocenters. The van der Waals surface area contributed by atoms with E-state index in [1.807, 2.05) is 10.8 Å². The van der Waals surface area contributed by atoms with Crippen LogP contribution < -0.4 is 5.73 Å². The number of hydrogen-bond donors (Lipinski definition) is 2. The fourth-order valence-corrected chi connectivity index (χ4v) is 1.90. The Balaban J connectivity index is 2.52. The molecule has 1 aromatic heterocycles. The van der Waals surface area contributed by atoms with Crippen molar-refractivity contribution >= 4 is 5.97 Å². The molecule has 102 valence electrons. The van der Waals surface area contributed by atoms with Gasteiger partial charge in [0.1, 0.15) is 0 Å². The van der Waals surface area contributed by atoms with Crippen LogP contribution in [0.25, 0.3) is 0 Å². The highest BCUT2D eigenvalue weighted by Gasteiger charge is 2.18. The Morgan fingerprint density at radius 2 is 2.33 bits per heavy atom. The number of carboxylic acid groups (broad SMARTS) is 1. The Hall–Kier alpha value is -1.36. The lowest BCUT2D eigenvalue weighted by atomic mass is 9.98. The van der Waals surface area contributed by atoms with Gasteiger partial charge in [-0.15, -0.1) is 0 Å². The highest BCUT2D eigenvalue weighted by molar-refractivity contribution is 5.70. The Bertz CT molecular complexity index is 363. The van der Waals surface area contributed by atoms with Crippen molar-refractivity contribution in [2.75, 3.05) is 6.54 Å². The zero-order valence-corrected chi connectivity index (χ0v) is 11.0. The monoisotopic (exact) mass is 253 g/mol. The van der Waals surface area contributed by atoms with Gasteiger partial charge in [-0.05, 0) is 25.8 Å². The second kappa shape index (κ2) is 7.87. The van der Waals surface area contributed by atoms with Crippen molar-refractivity contribution in [1.29, 1.82) is 0 Å². The summed E-state index contributed by atoms with van der Waals surface area (Å²) in [4.78, 5) is 15.4. The van der Waals surface area contributed by atoms with Gasteiger partial charge in [0.25, 0.3) is 0 Å². The van der Waals surface area contributed by atoms with Gasteiger partial charge in [-0.25, -0.2) is 4.98 Å². The second-order valence-electron chi connectivity index (χ2n) is 4.63. The summed E-state index contributed by atoms with van der Waals surface area (Å²) < 4.78 is 2.03. The maximum Gasteiger partial charge on any atom is 0.306 e. The van der Waals surface area contributed by atoms with Gasteiger partial charge in [0, 0.05) is 19.2 Å². The van der Waals surface area contributed by atoms with Crippen LogP contribution in [0.2, 0.25) is 0 Å². The summed E-state index contributed by atoms with van der Waals surface area (Å²) in [5.74, 6) is -1.13. The van der Waals surface area contributed by atoms with Gasteiger partial charge in [-0.2, -0.15) is 0 Å². The van der Waals surface area contributed by atoms with Crippen LogP contribution in [-0.4, -0.2) is 27.2 Å². The standard InChI is InChI=1S/C13H23N3O2/c1-2-3-7-16-9-12(15-10-16)8-11(13(17)18)5-4-6-14/h9-11H,2-8,14H2,1H3,(H,17,18)/t11-/m1/s1. The predicted octanol–water partition coefficient (Wildman–Crippen LogP) is 1.67. The highest BCUT2D eigenvalue weighted by atomic mass is 16.4. The van der Waals surface area contributed by atoms with Crippen LogP contribution in [0.5, 0.6) is 0 Å². The van der Waals surface area contributed by atoms with Gasteiger partial charge >= 0.3 is 5.97 Å². The molecule has 0 saturated heterocycles. The molecule has 1 aromatic rings. The molecule has 1 rings (SSSR count). The van der Waals surface area contributed by atoms with Crippen LogP contribution >= 0.6 is 0 Å². The first-order valence-corrected chi connectivity index (χ1v) is 6.60. The van der Waals surface area contributed by atoms with Crippen molar-refractivity contribution in [2.45, 2.75) is 45.6 Å². The molecule has 0 spiro atoms. The molecular formula is C13H23N3O2. The molecule has 0 bridgehead atoms. The summed E-state index contributed by atoms with van der Waals surface area (Å²) in [5, 5.41) is 9.13. The van der Waals surface area contributed by atoms with E-state index in [1.54, 1.807) is 6.33 Å². The van der Waals surface area contributed by atoms with Crippen molar-refractivity contribution < 1.29 is 9.90 Å². The molecule has 1 heterocycles. The molecule has 0 aromatic carbocycles. The molecule has 5 nitrogen and oxygen atoms in total. The van der Waals surface area contributed by atoms with Crippen molar-refractivity contribution in [3.8, 4) is 0 Å². The number of carbonyl (C=O) groups is 1. The zero-order chi connectivity index (χ0) is 13.4. The minimum atomic E-state index is -0.758. The van der Waals surface area contributed by atoms with E-state index < -0.39 is 5.97 Å². The van der Waals surface area contributed by atoms with Gasteiger partial charge in [0.05, 0.1) is 17.9 Å². The van der Waals surface area contributed by atoms with E-state index in [0.717, 1.165) is 31.5 Å². The van der Waals surface area contributed by atoms with E-state index >= 15 is 0 Å². The topological polar surface area (TPSA) is 81.1 Å². The number of rotatable bonds is 9. The fraction of sp³-hybridized carbons (Fsp3) is 0.692. The van der Waals surface area contributed by atoms with Gasteiger partial charge in [-0.1, -0.05) is 13.3 Å². The van der Waals surface area contributed by atoms with Gasteiger partial charge in [-0.3, -0.25) is 4.79 Å². The van der Waals surface area contributed by atoms with Crippen LogP contribution in [0.15, 0.2) is 12.5 Å². The number of aliphatic carboxylic acids is 1. The molecule has 18 heavy (non-hydrogen) atoms. The minimum absolute atomic E-state index is 0.372. The molecule has 0 saturated carbocycles. The number of aryl methyl sites for hydroxylation is 1. The number of unbranched alkanes of at least 4 members (excludes halogenated alkanes) is 1. The smallest absolute Gasteiger partial charge is 0.306 e. The normalized spacial score (nSPS) is 12.6. The molecule has 0 amide bonds. The van der Waals surface area contributed by atoms with Crippen molar-refractivity contribution in [3.63, 3.8) is 0 Å². The lowest BCUT2D eigenvalue weighted by molar-refractivity contribution is -0.142. The summed E-state index contributed by atoms with van der Waals surface area (Å²) in [6, 6.07) is 0. The quantitative estimate of drug-likeness (QED) is 0.701. The van der Waals surface area contributed by atoms with Gasteiger partial charge in [0.2, 0.25) is 0 Å². The lowest BCUT2D eigenvalue weighted by Crippen LogP contribution is -2.18. The zero-order valence-electron chi connectivity index (χ0n) is 11.0. The van der Waals surface area contributed by atoms with E-state index in [0.29, 0.717) is 19.4 Å². The molecular weight excluding hydrogens is 230 g/mol. The van der Waals surface area contributed by atoms with Gasteiger partial charge in [0.15, 0.2) is 0 Å². The summed E-state index contributed by atoms with van der Waals surface area (Å²) in [5.41, 5.74) is 6.27.